The quantitative estimate of drug-likeness (QED) is 0.692. The summed E-state index contributed by atoms with van der Waals surface area (Å²) >= 11 is 0. The molecule has 116 valence electrons. The zero-order chi connectivity index (χ0) is 14.4. The van der Waals surface area contributed by atoms with Crippen molar-refractivity contribution >= 4 is 5.97 Å². The van der Waals surface area contributed by atoms with Crippen LogP contribution >= 0.6 is 0 Å². The van der Waals surface area contributed by atoms with Crippen molar-refractivity contribution in [2.75, 3.05) is 33.3 Å². The number of nitrogens with one attached hydrogen (secondary N) is 1. The minimum absolute atomic E-state index is 0.0925. The molecular weight excluding hydrogens is 252 g/mol. The number of rotatable bonds is 8. The molecule has 4 heteroatoms. The molecule has 1 saturated carbocycles. The molecule has 0 amide bonds. The molecule has 4 nitrogen and oxygen atoms in total. The summed E-state index contributed by atoms with van der Waals surface area (Å²) in [6, 6.07) is 0.610. The van der Waals surface area contributed by atoms with Gasteiger partial charge < -0.3 is 15.0 Å². The molecule has 1 aliphatic heterocycles. The highest BCUT2D eigenvalue weighted by Gasteiger charge is 2.28. The number of likely N-dealkylation sites (tertiary alicyclic amines) is 1. The van der Waals surface area contributed by atoms with Crippen LogP contribution in [0.15, 0.2) is 0 Å². The molecule has 1 aliphatic carbocycles. The summed E-state index contributed by atoms with van der Waals surface area (Å²) < 4.78 is 4.75. The van der Waals surface area contributed by atoms with Crippen molar-refractivity contribution in [1.82, 2.24) is 10.2 Å². The SMILES string of the molecule is CCCC1CC(NCC2CC2)CN(CCC(=O)OC)C1. The Balaban J connectivity index is 1.77. The van der Waals surface area contributed by atoms with Crippen molar-refractivity contribution in [1.29, 1.82) is 0 Å². The van der Waals surface area contributed by atoms with Gasteiger partial charge in [0.05, 0.1) is 13.5 Å². The number of nitrogens with zero attached hydrogens (tertiary/aromatic N) is 1. The third kappa shape index (κ3) is 5.41. The number of methoxy groups -OCH3 is 1. The number of ether oxygens (including phenoxy) is 1. The Labute approximate surface area is 123 Å². The van der Waals surface area contributed by atoms with Gasteiger partial charge in [-0.05, 0) is 44.1 Å². The molecule has 0 aromatic heterocycles. The van der Waals surface area contributed by atoms with Crippen molar-refractivity contribution in [3.8, 4) is 0 Å². The fourth-order valence-electron chi connectivity index (χ4n) is 3.26. The van der Waals surface area contributed by atoms with Crippen LogP contribution in [-0.4, -0.2) is 50.2 Å². The van der Waals surface area contributed by atoms with E-state index in [-0.39, 0.29) is 5.97 Å². The first kappa shape index (κ1) is 15.8. The van der Waals surface area contributed by atoms with Gasteiger partial charge in [-0.25, -0.2) is 0 Å². The second-order valence-corrected chi connectivity index (χ2v) is 6.52. The van der Waals surface area contributed by atoms with Gasteiger partial charge in [-0.2, -0.15) is 0 Å². The Morgan fingerprint density at radius 3 is 2.75 bits per heavy atom. The highest BCUT2D eigenvalue weighted by molar-refractivity contribution is 5.69. The van der Waals surface area contributed by atoms with E-state index < -0.39 is 0 Å². The van der Waals surface area contributed by atoms with Crippen LogP contribution in [0, 0.1) is 11.8 Å². The van der Waals surface area contributed by atoms with E-state index in [1.807, 2.05) is 0 Å². The molecule has 0 spiro atoms. The molecule has 1 N–H and O–H groups in total. The number of carbonyl (C=O) groups excluding carboxylic acids is 1. The van der Waals surface area contributed by atoms with Crippen LogP contribution in [0.2, 0.25) is 0 Å². The summed E-state index contributed by atoms with van der Waals surface area (Å²) in [7, 11) is 1.47. The molecule has 2 atom stereocenters. The lowest BCUT2D eigenvalue weighted by atomic mass is 9.90. The van der Waals surface area contributed by atoms with E-state index >= 15 is 0 Å². The predicted octanol–water partition coefficient (Wildman–Crippen LogP) is 2.04. The average molecular weight is 282 g/mol. The van der Waals surface area contributed by atoms with Crippen molar-refractivity contribution in [2.24, 2.45) is 11.8 Å². The van der Waals surface area contributed by atoms with Crippen LogP contribution in [0.1, 0.15) is 45.4 Å². The van der Waals surface area contributed by atoms with Gasteiger partial charge in [-0.1, -0.05) is 13.3 Å². The molecule has 2 fully saturated rings. The van der Waals surface area contributed by atoms with Gasteiger partial charge in [0.25, 0.3) is 0 Å². The van der Waals surface area contributed by atoms with Gasteiger partial charge in [0.2, 0.25) is 0 Å². The number of hydrogen-bond donors (Lipinski definition) is 1. The Morgan fingerprint density at radius 1 is 1.30 bits per heavy atom. The van der Waals surface area contributed by atoms with Crippen LogP contribution in [-0.2, 0) is 9.53 Å². The maximum Gasteiger partial charge on any atom is 0.306 e. The fourth-order valence-corrected chi connectivity index (χ4v) is 3.26. The predicted molar refractivity (Wildman–Crippen MR) is 80.6 cm³/mol. The second kappa shape index (κ2) is 7.99. The summed E-state index contributed by atoms with van der Waals surface area (Å²) in [5.74, 6) is 1.62. The van der Waals surface area contributed by atoms with Gasteiger partial charge >= 0.3 is 5.97 Å². The first-order chi connectivity index (χ1) is 9.71. The van der Waals surface area contributed by atoms with E-state index in [0.29, 0.717) is 12.5 Å². The van der Waals surface area contributed by atoms with Crippen LogP contribution in [0.5, 0.6) is 0 Å². The lowest BCUT2D eigenvalue weighted by Crippen LogP contribution is -2.50. The molecule has 20 heavy (non-hydrogen) atoms. The second-order valence-electron chi connectivity index (χ2n) is 6.52. The molecule has 1 saturated heterocycles. The first-order valence-corrected chi connectivity index (χ1v) is 8.23. The van der Waals surface area contributed by atoms with Crippen molar-refractivity contribution in [3.63, 3.8) is 0 Å². The maximum absolute atomic E-state index is 11.3. The van der Waals surface area contributed by atoms with Gasteiger partial charge in [0.1, 0.15) is 0 Å². The third-order valence-electron chi connectivity index (χ3n) is 4.56. The molecule has 2 rings (SSSR count). The van der Waals surface area contributed by atoms with Gasteiger partial charge in [-0.15, -0.1) is 0 Å². The number of carbonyl (C=O) groups is 1. The standard InChI is InChI=1S/C16H30N2O2/c1-3-4-14-9-15(17-10-13-5-6-13)12-18(11-14)8-7-16(19)20-2/h13-15,17H,3-12H2,1-2H3. The molecule has 0 aromatic rings. The Hall–Kier alpha value is -0.610. The lowest BCUT2D eigenvalue weighted by Gasteiger charge is -2.38. The van der Waals surface area contributed by atoms with E-state index in [4.69, 9.17) is 4.74 Å². The molecule has 0 bridgehead atoms. The van der Waals surface area contributed by atoms with Crippen LogP contribution in [0.3, 0.4) is 0 Å². The molecule has 2 unspecified atom stereocenters. The zero-order valence-corrected chi connectivity index (χ0v) is 13.1. The van der Waals surface area contributed by atoms with Crippen molar-refractivity contribution in [3.05, 3.63) is 0 Å². The highest BCUT2D eigenvalue weighted by Crippen LogP contribution is 2.28. The number of hydrogen-bond acceptors (Lipinski definition) is 4. The summed E-state index contributed by atoms with van der Waals surface area (Å²) in [5, 5.41) is 3.75. The molecule has 0 aromatic carbocycles. The Bertz CT molecular complexity index is 305. The smallest absolute Gasteiger partial charge is 0.306 e. The van der Waals surface area contributed by atoms with E-state index in [1.54, 1.807) is 0 Å². The van der Waals surface area contributed by atoms with E-state index in [0.717, 1.165) is 31.5 Å². The normalized spacial score (nSPS) is 27.5. The highest BCUT2D eigenvalue weighted by atomic mass is 16.5. The topological polar surface area (TPSA) is 41.6 Å². The van der Waals surface area contributed by atoms with Gasteiger partial charge in [-0.3, -0.25) is 4.79 Å². The molecule has 0 radical (unpaired) electrons. The average Bonchev–Trinajstić information content (AvgIpc) is 3.27. The largest absolute Gasteiger partial charge is 0.469 e. The van der Waals surface area contributed by atoms with Gasteiger partial charge in [0.15, 0.2) is 0 Å². The minimum Gasteiger partial charge on any atom is -0.469 e. The number of piperidine rings is 1. The summed E-state index contributed by atoms with van der Waals surface area (Å²) in [4.78, 5) is 13.8. The summed E-state index contributed by atoms with van der Waals surface area (Å²) in [6.45, 7) is 6.53. The summed E-state index contributed by atoms with van der Waals surface area (Å²) in [6.07, 6.45) is 7.19. The van der Waals surface area contributed by atoms with Crippen LogP contribution in [0.25, 0.3) is 0 Å². The fraction of sp³-hybridized carbons (Fsp3) is 0.938. The van der Waals surface area contributed by atoms with E-state index in [9.17, 15) is 4.79 Å². The molecular formula is C16H30N2O2. The van der Waals surface area contributed by atoms with Crippen molar-refractivity contribution < 1.29 is 9.53 Å². The van der Waals surface area contributed by atoms with E-state index in [2.05, 4.69) is 17.1 Å². The minimum atomic E-state index is -0.0925. The van der Waals surface area contributed by atoms with Crippen molar-refractivity contribution in [2.45, 2.75) is 51.5 Å². The number of esters is 1. The van der Waals surface area contributed by atoms with Gasteiger partial charge in [0, 0.05) is 25.7 Å². The maximum atomic E-state index is 11.3. The van der Waals surface area contributed by atoms with Crippen LogP contribution < -0.4 is 5.32 Å². The first-order valence-electron chi connectivity index (χ1n) is 8.23. The Kier molecular flexibility index (Phi) is 6.30. The lowest BCUT2D eigenvalue weighted by molar-refractivity contribution is -0.141. The Morgan fingerprint density at radius 2 is 2.10 bits per heavy atom. The third-order valence-corrected chi connectivity index (χ3v) is 4.56. The summed E-state index contributed by atoms with van der Waals surface area (Å²) in [5.41, 5.74) is 0. The zero-order valence-electron chi connectivity index (χ0n) is 13.1. The van der Waals surface area contributed by atoms with Crippen LogP contribution in [0.4, 0.5) is 0 Å². The molecule has 1 heterocycles. The molecule has 2 aliphatic rings. The monoisotopic (exact) mass is 282 g/mol. The van der Waals surface area contributed by atoms with E-state index in [1.165, 1.54) is 45.8 Å².